The summed E-state index contributed by atoms with van der Waals surface area (Å²) in [5.41, 5.74) is 0.670. The fourth-order valence-corrected chi connectivity index (χ4v) is 6.32. The summed E-state index contributed by atoms with van der Waals surface area (Å²) in [6, 6.07) is 0. The first-order chi connectivity index (χ1) is 10.9. The summed E-state index contributed by atoms with van der Waals surface area (Å²) >= 11 is 0. The molecular formula is C20H26O3. The van der Waals surface area contributed by atoms with Gasteiger partial charge in [-0.25, -0.2) is 0 Å². The van der Waals surface area contributed by atoms with Crippen molar-refractivity contribution < 1.29 is 14.7 Å². The van der Waals surface area contributed by atoms with Crippen molar-refractivity contribution in [3.8, 4) is 0 Å². The summed E-state index contributed by atoms with van der Waals surface area (Å²) in [7, 11) is 0. The molecule has 2 saturated carbocycles. The molecule has 0 aromatic heterocycles. The van der Waals surface area contributed by atoms with Gasteiger partial charge in [0.25, 0.3) is 0 Å². The van der Waals surface area contributed by atoms with Gasteiger partial charge in [-0.3, -0.25) is 9.59 Å². The molecule has 0 spiro atoms. The molecule has 0 aromatic carbocycles. The van der Waals surface area contributed by atoms with Crippen molar-refractivity contribution in [3.05, 3.63) is 23.5 Å². The average molecular weight is 314 g/mol. The van der Waals surface area contributed by atoms with Crippen LogP contribution in [0.4, 0.5) is 0 Å². The van der Waals surface area contributed by atoms with Crippen LogP contribution < -0.4 is 0 Å². The van der Waals surface area contributed by atoms with Crippen molar-refractivity contribution in [1.29, 1.82) is 0 Å². The van der Waals surface area contributed by atoms with Gasteiger partial charge in [-0.1, -0.05) is 26.0 Å². The van der Waals surface area contributed by atoms with Crippen LogP contribution in [-0.4, -0.2) is 16.7 Å². The first-order valence-corrected chi connectivity index (χ1v) is 9.12. The lowest BCUT2D eigenvalue weighted by molar-refractivity contribution is -0.131. The molecule has 23 heavy (non-hydrogen) atoms. The number of carbonyl (C=O) groups is 2. The lowest BCUT2D eigenvalue weighted by Crippen LogP contribution is -2.50. The number of hydrogen-bond donors (Lipinski definition) is 1. The Bertz CT molecular complexity index is 643. The van der Waals surface area contributed by atoms with E-state index < -0.39 is 0 Å². The van der Waals surface area contributed by atoms with Crippen molar-refractivity contribution >= 4 is 11.6 Å². The molecule has 0 unspecified atom stereocenters. The van der Waals surface area contributed by atoms with Gasteiger partial charge in [-0.05, 0) is 49.9 Å². The fraction of sp³-hybridized carbons (Fsp3) is 0.700. The number of aliphatic hydroxyl groups is 1. The Balaban J connectivity index is 1.82. The van der Waals surface area contributed by atoms with Gasteiger partial charge in [-0.2, -0.15) is 0 Å². The second kappa shape index (κ2) is 4.81. The summed E-state index contributed by atoms with van der Waals surface area (Å²) in [5.74, 6) is 1.67. The third kappa shape index (κ3) is 1.77. The number of Topliss-reactive ketones (excluding diaryl/α,β-unsaturated/α-hetero) is 2. The monoisotopic (exact) mass is 314 g/mol. The minimum absolute atomic E-state index is 0.00336. The van der Waals surface area contributed by atoms with Crippen LogP contribution in [0.25, 0.3) is 0 Å². The summed E-state index contributed by atoms with van der Waals surface area (Å²) in [6.07, 6.45) is 10.2. The van der Waals surface area contributed by atoms with Crippen molar-refractivity contribution in [2.75, 3.05) is 0 Å². The lowest BCUT2D eigenvalue weighted by atomic mass is 9.48. The zero-order chi connectivity index (χ0) is 16.4. The van der Waals surface area contributed by atoms with E-state index in [0.717, 1.165) is 44.1 Å². The zero-order valence-electron chi connectivity index (χ0n) is 14.1. The molecule has 0 radical (unpaired) electrons. The second-order valence-corrected chi connectivity index (χ2v) is 8.26. The maximum atomic E-state index is 12.4. The van der Waals surface area contributed by atoms with E-state index in [1.807, 2.05) is 6.08 Å². The molecule has 0 aliphatic heterocycles. The van der Waals surface area contributed by atoms with Gasteiger partial charge in [0.05, 0.1) is 0 Å². The third-order valence-corrected chi connectivity index (χ3v) is 7.72. The van der Waals surface area contributed by atoms with Gasteiger partial charge in [0, 0.05) is 29.2 Å². The SMILES string of the molecule is CC[C@]12CCC(=O)C(O)=C1C=C[C@@H]1[C@@H]2CC[C@]2(C)C(=O)CC[C@@H]12. The zero-order valence-corrected chi connectivity index (χ0v) is 14.1. The van der Waals surface area contributed by atoms with E-state index in [1.54, 1.807) is 0 Å². The highest BCUT2D eigenvalue weighted by Gasteiger charge is 2.59. The minimum atomic E-state index is -0.145. The van der Waals surface area contributed by atoms with Gasteiger partial charge < -0.3 is 5.11 Å². The summed E-state index contributed by atoms with van der Waals surface area (Å²) in [4.78, 5) is 24.4. The number of ketones is 2. The van der Waals surface area contributed by atoms with Crippen LogP contribution >= 0.6 is 0 Å². The predicted octanol–water partition coefficient (Wildman–Crippen LogP) is 4.14. The smallest absolute Gasteiger partial charge is 0.197 e. The standard InChI is InChI=1S/C20H26O3/c1-3-20-11-9-16(21)18(23)15(20)5-4-12-13-6-7-17(22)19(13,2)10-8-14(12)20/h4-5,12-14,23H,3,6-11H2,1-2H3/t12-,13-,14-,19-,20+/m0/s1. The maximum absolute atomic E-state index is 12.4. The summed E-state index contributed by atoms with van der Waals surface area (Å²) in [6.45, 7) is 4.36. The molecule has 4 aliphatic rings. The Morgan fingerprint density at radius 3 is 2.70 bits per heavy atom. The molecule has 0 amide bonds. The van der Waals surface area contributed by atoms with Gasteiger partial charge in [-0.15, -0.1) is 0 Å². The highest BCUT2D eigenvalue weighted by atomic mass is 16.3. The van der Waals surface area contributed by atoms with Crippen LogP contribution in [0, 0.1) is 28.6 Å². The van der Waals surface area contributed by atoms with Crippen molar-refractivity contribution in [1.82, 2.24) is 0 Å². The van der Waals surface area contributed by atoms with Crippen molar-refractivity contribution in [2.45, 2.75) is 58.8 Å². The van der Waals surface area contributed by atoms with E-state index in [-0.39, 0.29) is 22.4 Å². The molecular weight excluding hydrogens is 288 g/mol. The molecule has 4 rings (SSSR count). The van der Waals surface area contributed by atoms with E-state index in [2.05, 4.69) is 19.9 Å². The molecule has 3 nitrogen and oxygen atoms in total. The minimum Gasteiger partial charge on any atom is -0.504 e. The fourth-order valence-electron chi connectivity index (χ4n) is 6.32. The van der Waals surface area contributed by atoms with Gasteiger partial charge >= 0.3 is 0 Å². The molecule has 124 valence electrons. The number of allylic oxidation sites excluding steroid dienone is 4. The number of hydrogen-bond acceptors (Lipinski definition) is 3. The molecule has 2 fully saturated rings. The molecule has 5 atom stereocenters. The quantitative estimate of drug-likeness (QED) is 0.791. The molecule has 0 saturated heterocycles. The summed E-state index contributed by atoms with van der Waals surface area (Å²) < 4.78 is 0. The van der Waals surface area contributed by atoms with E-state index in [0.29, 0.717) is 30.0 Å². The Kier molecular flexibility index (Phi) is 3.17. The van der Waals surface area contributed by atoms with Gasteiger partial charge in [0.1, 0.15) is 5.78 Å². The number of fused-ring (bicyclic) bond motifs is 5. The lowest BCUT2D eigenvalue weighted by Gasteiger charge is -2.55. The Morgan fingerprint density at radius 2 is 1.96 bits per heavy atom. The van der Waals surface area contributed by atoms with Crippen LogP contribution in [0.3, 0.4) is 0 Å². The van der Waals surface area contributed by atoms with E-state index >= 15 is 0 Å². The molecule has 0 heterocycles. The number of carbonyl (C=O) groups excluding carboxylic acids is 2. The van der Waals surface area contributed by atoms with E-state index in [9.17, 15) is 14.7 Å². The molecule has 1 N–H and O–H groups in total. The Labute approximate surface area is 137 Å². The molecule has 0 aromatic rings. The van der Waals surface area contributed by atoms with Crippen LogP contribution in [0.2, 0.25) is 0 Å². The first-order valence-electron chi connectivity index (χ1n) is 9.12. The van der Waals surface area contributed by atoms with E-state index in [4.69, 9.17) is 0 Å². The number of rotatable bonds is 1. The maximum Gasteiger partial charge on any atom is 0.197 e. The number of aliphatic hydroxyl groups excluding tert-OH is 1. The average Bonchev–Trinajstić information content (AvgIpc) is 2.86. The van der Waals surface area contributed by atoms with Crippen LogP contribution in [0.15, 0.2) is 23.5 Å². The summed E-state index contributed by atoms with van der Waals surface area (Å²) in [5, 5.41) is 10.4. The largest absolute Gasteiger partial charge is 0.504 e. The Hall–Kier alpha value is -1.38. The topological polar surface area (TPSA) is 54.4 Å². The Morgan fingerprint density at radius 1 is 1.17 bits per heavy atom. The predicted molar refractivity (Wildman–Crippen MR) is 87.8 cm³/mol. The second-order valence-electron chi connectivity index (χ2n) is 8.26. The van der Waals surface area contributed by atoms with E-state index in [1.165, 1.54) is 0 Å². The van der Waals surface area contributed by atoms with Crippen LogP contribution in [-0.2, 0) is 9.59 Å². The van der Waals surface area contributed by atoms with Crippen molar-refractivity contribution in [2.24, 2.45) is 28.6 Å². The third-order valence-electron chi connectivity index (χ3n) is 7.72. The first kappa shape index (κ1) is 15.2. The normalized spacial score (nSPS) is 45.7. The van der Waals surface area contributed by atoms with Gasteiger partial charge in [0.15, 0.2) is 11.5 Å². The van der Waals surface area contributed by atoms with Crippen LogP contribution in [0.5, 0.6) is 0 Å². The van der Waals surface area contributed by atoms with Crippen LogP contribution in [0.1, 0.15) is 58.8 Å². The van der Waals surface area contributed by atoms with Crippen molar-refractivity contribution in [3.63, 3.8) is 0 Å². The highest BCUT2D eigenvalue weighted by Crippen LogP contribution is 2.64. The van der Waals surface area contributed by atoms with Gasteiger partial charge in [0.2, 0.25) is 0 Å². The highest BCUT2D eigenvalue weighted by molar-refractivity contribution is 5.95. The molecule has 0 bridgehead atoms. The molecule has 3 heteroatoms. The molecule has 4 aliphatic carbocycles.